The van der Waals surface area contributed by atoms with Gasteiger partial charge < -0.3 is 20.3 Å². The quantitative estimate of drug-likeness (QED) is 0.756. The number of aromatic nitrogens is 4. The van der Waals surface area contributed by atoms with Crippen molar-refractivity contribution in [3.05, 3.63) is 12.7 Å². The molecule has 2 unspecified atom stereocenters. The van der Waals surface area contributed by atoms with Crippen molar-refractivity contribution in [2.75, 3.05) is 26.1 Å². The third-order valence-corrected chi connectivity index (χ3v) is 3.07. The molecule has 21 heavy (non-hydrogen) atoms. The minimum Gasteiger partial charge on any atom is -0.388 e. The first-order valence-corrected chi connectivity index (χ1v) is 6.40. The van der Waals surface area contributed by atoms with Crippen molar-refractivity contribution in [1.29, 1.82) is 0 Å². The molecule has 0 aromatic carbocycles. The molecule has 0 saturated carbocycles. The molecule has 2 heterocycles. The number of rotatable bonds is 7. The lowest BCUT2D eigenvalue weighted by Gasteiger charge is -2.25. The first kappa shape index (κ1) is 15.5. The van der Waals surface area contributed by atoms with Crippen LogP contribution in [0.15, 0.2) is 12.7 Å². The van der Waals surface area contributed by atoms with E-state index in [1.54, 1.807) is 11.5 Å². The number of hydrogen-bond acceptors (Lipinski definition) is 7. The van der Waals surface area contributed by atoms with Crippen molar-refractivity contribution < 1.29 is 19.0 Å². The fraction of sp³-hybridized carbons (Fsp3) is 0.583. The van der Waals surface area contributed by atoms with Gasteiger partial charge in [-0.05, 0) is 6.92 Å². The van der Waals surface area contributed by atoms with Crippen LogP contribution in [0.1, 0.15) is 13.2 Å². The van der Waals surface area contributed by atoms with E-state index in [0.29, 0.717) is 11.2 Å². The maximum atomic E-state index is 12.6. The molecular weight excluding hydrogens is 281 g/mol. The summed E-state index contributed by atoms with van der Waals surface area (Å²) in [4.78, 5) is 12.1. The largest absolute Gasteiger partial charge is 0.388 e. The van der Waals surface area contributed by atoms with Crippen LogP contribution in [0.25, 0.3) is 11.2 Å². The van der Waals surface area contributed by atoms with E-state index < -0.39 is 25.1 Å². The van der Waals surface area contributed by atoms with E-state index in [1.165, 1.54) is 19.8 Å². The van der Waals surface area contributed by atoms with Gasteiger partial charge in [-0.2, -0.15) is 0 Å². The summed E-state index contributed by atoms with van der Waals surface area (Å²) in [5.41, 5.74) is 6.67. The van der Waals surface area contributed by atoms with Gasteiger partial charge in [0.05, 0.1) is 12.9 Å². The van der Waals surface area contributed by atoms with Gasteiger partial charge in [0.25, 0.3) is 0 Å². The number of nitrogen functional groups attached to an aromatic ring is 1. The van der Waals surface area contributed by atoms with Gasteiger partial charge in [0, 0.05) is 7.11 Å². The second-order valence-electron chi connectivity index (χ2n) is 4.53. The molecular formula is C12H18FN5O3. The van der Waals surface area contributed by atoms with Crippen molar-refractivity contribution in [2.45, 2.75) is 25.4 Å². The second kappa shape index (κ2) is 6.74. The number of nitrogens with zero attached hydrogens (tertiary/aromatic N) is 4. The Kier molecular flexibility index (Phi) is 4.99. The van der Waals surface area contributed by atoms with E-state index >= 15 is 0 Å². The zero-order valence-corrected chi connectivity index (χ0v) is 11.8. The molecule has 116 valence electrons. The number of nitrogens with two attached hydrogens (primary N) is 1. The summed E-state index contributed by atoms with van der Waals surface area (Å²) in [6.07, 6.45) is 0.233. The smallest absolute Gasteiger partial charge is 0.167 e. The lowest BCUT2D eigenvalue weighted by Crippen LogP contribution is -2.36. The fourth-order valence-corrected chi connectivity index (χ4v) is 1.96. The molecule has 2 aromatic heterocycles. The van der Waals surface area contributed by atoms with Gasteiger partial charge in [-0.25, -0.2) is 19.3 Å². The molecule has 0 radical (unpaired) electrons. The van der Waals surface area contributed by atoms with Crippen molar-refractivity contribution in [3.63, 3.8) is 0 Å². The summed E-state index contributed by atoms with van der Waals surface area (Å²) >= 11 is 0. The molecule has 3 N–H and O–H groups in total. The van der Waals surface area contributed by atoms with E-state index in [0.717, 1.165) is 0 Å². The second-order valence-corrected chi connectivity index (χ2v) is 4.53. The summed E-state index contributed by atoms with van der Waals surface area (Å²) in [5.74, 6) is 0.267. The maximum absolute atomic E-state index is 12.6. The fourth-order valence-electron chi connectivity index (χ4n) is 1.96. The van der Waals surface area contributed by atoms with E-state index in [4.69, 9.17) is 15.2 Å². The Morgan fingerprint density at radius 2 is 2.19 bits per heavy atom. The van der Waals surface area contributed by atoms with E-state index in [1.807, 2.05) is 0 Å². The van der Waals surface area contributed by atoms with Gasteiger partial charge >= 0.3 is 0 Å². The number of anilines is 1. The van der Waals surface area contributed by atoms with Crippen LogP contribution in [0.3, 0.4) is 0 Å². The van der Waals surface area contributed by atoms with Crippen LogP contribution in [0.4, 0.5) is 10.2 Å². The summed E-state index contributed by atoms with van der Waals surface area (Å²) in [7, 11) is 1.45. The Labute approximate surface area is 120 Å². The maximum Gasteiger partial charge on any atom is 0.167 e. The molecule has 0 saturated heterocycles. The Morgan fingerprint density at radius 3 is 2.86 bits per heavy atom. The zero-order valence-electron chi connectivity index (χ0n) is 11.8. The minimum atomic E-state index is -1.26. The lowest BCUT2D eigenvalue weighted by atomic mass is 10.2. The number of imidazole rings is 1. The van der Waals surface area contributed by atoms with E-state index in [-0.39, 0.29) is 12.4 Å². The normalized spacial score (nSPS) is 16.0. The molecule has 0 aliphatic rings. The van der Waals surface area contributed by atoms with Crippen LogP contribution in [0.2, 0.25) is 0 Å². The first-order valence-electron chi connectivity index (χ1n) is 6.40. The highest BCUT2D eigenvalue weighted by atomic mass is 19.1. The summed E-state index contributed by atoms with van der Waals surface area (Å²) in [6, 6.07) is 0. The number of halogens is 1. The SMILES string of the molecule is COCC(O[C@H](C)n1cnc2c(N)ncnc21)C(O)CF. The molecule has 0 spiro atoms. The third kappa shape index (κ3) is 3.26. The predicted octanol–water partition coefficient (Wildman–Crippen LogP) is 0.289. The number of aliphatic hydroxyl groups is 1. The van der Waals surface area contributed by atoms with Crippen LogP contribution in [0.5, 0.6) is 0 Å². The summed E-state index contributed by atoms with van der Waals surface area (Å²) in [5, 5.41) is 9.60. The number of ether oxygens (including phenoxy) is 2. The van der Waals surface area contributed by atoms with Crippen molar-refractivity contribution in [1.82, 2.24) is 19.5 Å². The van der Waals surface area contributed by atoms with Crippen LogP contribution >= 0.6 is 0 Å². The molecule has 0 fully saturated rings. The Balaban J connectivity index is 2.21. The summed E-state index contributed by atoms with van der Waals surface area (Å²) in [6.45, 7) is 0.882. The standard InChI is InChI=1S/C12H18FN5O3/c1-7(21-9(4-20-2)8(19)3-13)18-6-17-10-11(14)15-5-16-12(10)18/h5-9,19H,3-4H2,1-2H3,(H2,14,15,16)/t7-,8?,9?/m1/s1. The van der Waals surface area contributed by atoms with Gasteiger partial charge in [-0.15, -0.1) is 0 Å². The van der Waals surface area contributed by atoms with Gasteiger partial charge in [0.15, 0.2) is 11.5 Å². The molecule has 0 bridgehead atoms. The van der Waals surface area contributed by atoms with Crippen molar-refractivity contribution >= 4 is 17.0 Å². The van der Waals surface area contributed by atoms with Crippen LogP contribution in [0, 0.1) is 0 Å². The molecule has 2 rings (SSSR count). The number of hydrogen-bond donors (Lipinski definition) is 2. The molecule has 0 aliphatic carbocycles. The average molecular weight is 299 g/mol. The summed E-state index contributed by atoms with van der Waals surface area (Å²) < 4.78 is 24.8. The van der Waals surface area contributed by atoms with Gasteiger partial charge in [0.2, 0.25) is 0 Å². The first-order chi connectivity index (χ1) is 10.1. The van der Waals surface area contributed by atoms with Gasteiger partial charge in [-0.3, -0.25) is 4.57 Å². The highest BCUT2D eigenvalue weighted by molar-refractivity contribution is 5.81. The number of fused-ring (bicyclic) bond motifs is 1. The molecule has 0 amide bonds. The van der Waals surface area contributed by atoms with E-state index in [9.17, 15) is 9.50 Å². The minimum absolute atomic E-state index is 0.0686. The predicted molar refractivity (Wildman–Crippen MR) is 73.2 cm³/mol. The zero-order chi connectivity index (χ0) is 15.4. The molecule has 8 nitrogen and oxygen atoms in total. The molecule has 9 heteroatoms. The monoisotopic (exact) mass is 299 g/mol. The van der Waals surface area contributed by atoms with Gasteiger partial charge in [-0.1, -0.05) is 0 Å². The highest BCUT2D eigenvalue weighted by Gasteiger charge is 2.24. The van der Waals surface area contributed by atoms with Gasteiger partial charge in [0.1, 0.15) is 37.0 Å². The topological polar surface area (TPSA) is 108 Å². The van der Waals surface area contributed by atoms with Crippen molar-refractivity contribution in [2.24, 2.45) is 0 Å². The van der Waals surface area contributed by atoms with Crippen LogP contribution < -0.4 is 5.73 Å². The number of alkyl halides is 1. The molecule has 3 atom stereocenters. The number of methoxy groups -OCH3 is 1. The number of aliphatic hydroxyl groups excluding tert-OH is 1. The Bertz CT molecular complexity index is 593. The molecule has 2 aromatic rings. The average Bonchev–Trinajstić information content (AvgIpc) is 2.91. The Hall–Kier alpha value is -1.84. The molecule has 0 aliphatic heterocycles. The van der Waals surface area contributed by atoms with E-state index in [2.05, 4.69) is 15.0 Å². The van der Waals surface area contributed by atoms with Crippen LogP contribution in [-0.4, -0.2) is 57.2 Å². The highest BCUT2D eigenvalue weighted by Crippen LogP contribution is 2.21. The van der Waals surface area contributed by atoms with Crippen LogP contribution in [-0.2, 0) is 9.47 Å². The van der Waals surface area contributed by atoms with Crippen molar-refractivity contribution in [3.8, 4) is 0 Å². The lowest BCUT2D eigenvalue weighted by molar-refractivity contribution is -0.124. The Morgan fingerprint density at radius 1 is 1.43 bits per heavy atom. The third-order valence-electron chi connectivity index (χ3n) is 3.07.